The van der Waals surface area contributed by atoms with Crippen LogP contribution in [0.4, 0.5) is 5.13 Å². The Morgan fingerprint density at radius 3 is 2.55 bits per heavy atom. The van der Waals surface area contributed by atoms with Gasteiger partial charge in [-0.15, -0.1) is 10.2 Å². The molecule has 3 aromatic rings. The molecule has 1 heterocycles. The molecule has 164 valence electrons. The van der Waals surface area contributed by atoms with E-state index >= 15 is 0 Å². The largest absolute Gasteiger partial charge is 0.492 e. The average molecular weight is 461 g/mol. The molecule has 31 heavy (non-hydrogen) atoms. The van der Waals surface area contributed by atoms with Crippen LogP contribution in [0, 0.1) is 6.92 Å². The van der Waals surface area contributed by atoms with E-state index in [1.54, 1.807) is 12.1 Å². The summed E-state index contributed by atoms with van der Waals surface area (Å²) in [4.78, 5) is 12.3. The second-order valence-electron chi connectivity index (χ2n) is 6.78. The second-order valence-corrected chi connectivity index (χ2v) is 9.70. The molecule has 0 fully saturated rings. The molecule has 0 spiro atoms. The minimum absolute atomic E-state index is 0.0729. The van der Waals surface area contributed by atoms with E-state index in [1.807, 2.05) is 43.3 Å². The number of aromatic nitrogens is 2. The minimum Gasteiger partial charge on any atom is -0.492 e. The van der Waals surface area contributed by atoms with E-state index in [0.29, 0.717) is 11.3 Å². The highest BCUT2D eigenvalue weighted by Crippen LogP contribution is 2.21. The van der Waals surface area contributed by atoms with Gasteiger partial charge in [0.25, 0.3) is 15.9 Å². The van der Waals surface area contributed by atoms with Gasteiger partial charge in [0.15, 0.2) is 0 Å². The molecule has 2 N–H and O–H groups in total. The zero-order valence-electron chi connectivity index (χ0n) is 17.3. The molecule has 2 aromatic carbocycles. The third kappa shape index (κ3) is 6.33. The Balaban J connectivity index is 1.51. The van der Waals surface area contributed by atoms with Crippen LogP contribution in [0.3, 0.4) is 0 Å². The van der Waals surface area contributed by atoms with Crippen molar-refractivity contribution in [2.45, 2.75) is 31.0 Å². The third-order valence-electron chi connectivity index (χ3n) is 4.37. The number of amides is 1. The number of carbonyl (C=O) groups is 1. The highest BCUT2D eigenvalue weighted by Gasteiger charge is 2.21. The van der Waals surface area contributed by atoms with Crippen LogP contribution in [-0.4, -0.2) is 37.7 Å². The molecule has 1 aromatic heterocycles. The van der Waals surface area contributed by atoms with Crippen molar-refractivity contribution in [3.63, 3.8) is 0 Å². The van der Waals surface area contributed by atoms with E-state index in [4.69, 9.17) is 4.74 Å². The van der Waals surface area contributed by atoms with Crippen molar-refractivity contribution in [1.29, 1.82) is 0 Å². The van der Waals surface area contributed by atoms with Crippen molar-refractivity contribution in [2.75, 3.05) is 18.5 Å². The number of sulfonamides is 1. The number of nitrogens with one attached hydrogen (secondary N) is 2. The van der Waals surface area contributed by atoms with Crippen molar-refractivity contribution < 1.29 is 17.9 Å². The first-order valence-electron chi connectivity index (χ1n) is 9.81. The van der Waals surface area contributed by atoms with Gasteiger partial charge in [-0.2, -0.15) is 0 Å². The van der Waals surface area contributed by atoms with E-state index in [1.165, 1.54) is 5.56 Å². The van der Waals surface area contributed by atoms with Gasteiger partial charge in [-0.25, -0.2) is 13.1 Å². The first-order valence-corrected chi connectivity index (χ1v) is 12.1. The minimum atomic E-state index is -3.85. The number of rotatable bonds is 10. The Hall–Kier alpha value is -2.82. The number of benzene rings is 2. The maximum atomic E-state index is 12.4. The summed E-state index contributed by atoms with van der Waals surface area (Å²) in [5.41, 5.74) is 2.52. The summed E-state index contributed by atoms with van der Waals surface area (Å²) in [6.07, 6.45) is 2.08. The Bertz CT molecular complexity index is 1130. The van der Waals surface area contributed by atoms with Crippen LogP contribution < -0.4 is 14.8 Å². The number of hydrogen-bond donors (Lipinski definition) is 2. The Kier molecular flexibility index (Phi) is 7.72. The molecule has 0 unspecified atom stereocenters. The van der Waals surface area contributed by atoms with Crippen LogP contribution in [-0.2, 0) is 16.4 Å². The molecule has 0 saturated heterocycles. The molecule has 0 bridgehead atoms. The summed E-state index contributed by atoms with van der Waals surface area (Å²) in [5.74, 6) is 0.306. The fraction of sp³-hybridized carbons (Fsp3) is 0.286. The number of ether oxygens (including phenoxy) is 1. The maximum absolute atomic E-state index is 12.4. The molecule has 1 amide bonds. The van der Waals surface area contributed by atoms with Gasteiger partial charge in [0.2, 0.25) is 9.47 Å². The van der Waals surface area contributed by atoms with Crippen LogP contribution in [0.5, 0.6) is 5.75 Å². The zero-order valence-corrected chi connectivity index (χ0v) is 18.9. The first-order chi connectivity index (χ1) is 14.9. The van der Waals surface area contributed by atoms with Gasteiger partial charge in [0.05, 0.1) is 0 Å². The topological polar surface area (TPSA) is 110 Å². The van der Waals surface area contributed by atoms with Gasteiger partial charge in [0.1, 0.15) is 12.4 Å². The van der Waals surface area contributed by atoms with Crippen molar-refractivity contribution in [3.05, 3.63) is 65.2 Å². The number of aryl methyl sites for hydroxylation is 2. The summed E-state index contributed by atoms with van der Waals surface area (Å²) in [7, 11) is -3.85. The standard InChI is InChI=1S/C21H24N4O4S2/c1-3-6-16-9-11-17(12-10-16)29-14-13-22-31(27,28)21-25-24-20(30-21)23-19(26)18-8-5-4-7-15(18)2/h4-5,7-12,22H,3,6,13-14H2,1-2H3,(H,23,24,26). The number of hydrogen-bond acceptors (Lipinski definition) is 7. The Labute approximate surface area is 185 Å². The lowest BCUT2D eigenvalue weighted by Gasteiger charge is -2.08. The van der Waals surface area contributed by atoms with Crippen molar-refractivity contribution in [3.8, 4) is 5.75 Å². The predicted octanol–water partition coefficient (Wildman–Crippen LogP) is 3.41. The van der Waals surface area contributed by atoms with Gasteiger partial charge in [-0.05, 0) is 42.7 Å². The summed E-state index contributed by atoms with van der Waals surface area (Å²) >= 11 is 0.784. The predicted molar refractivity (Wildman–Crippen MR) is 120 cm³/mol. The van der Waals surface area contributed by atoms with Gasteiger partial charge in [0, 0.05) is 12.1 Å². The fourth-order valence-electron chi connectivity index (χ4n) is 2.81. The second kappa shape index (κ2) is 10.5. The summed E-state index contributed by atoms with van der Waals surface area (Å²) in [5, 5.41) is 10.1. The third-order valence-corrected chi connectivity index (χ3v) is 7.04. The summed E-state index contributed by atoms with van der Waals surface area (Å²) in [6.45, 7) is 4.18. The Morgan fingerprint density at radius 2 is 1.84 bits per heavy atom. The average Bonchev–Trinajstić information content (AvgIpc) is 3.22. The molecule has 0 saturated carbocycles. The Morgan fingerprint density at radius 1 is 1.10 bits per heavy atom. The van der Waals surface area contributed by atoms with Gasteiger partial charge < -0.3 is 4.74 Å². The SMILES string of the molecule is CCCc1ccc(OCCNS(=O)(=O)c2nnc(NC(=O)c3ccccc3C)s2)cc1. The lowest BCUT2D eigenvalue weighted by Crippen LogP contribution is -2.28. The first kappa shape index (κ1) is 22.9. The number of carbonyl (C=O) groups excluding carboxylic acids is 1. The lowest BCUT2D eigenvalue weighted by atomic mass is 10.1. The molecular formula is C21H24N4O4S2. The number of nitrogens with zero attached hydrogens (tertiary/aromatic N) is 2. The van der Waals surface area contributed by atoms with Crippen LogP contribution in [0.2, 0.25) is 0 Å². The molecule has 10 heteroatoms. The molecule has 0 atom stereocenters. The molecule has 0 radical (unpaired) electrons. The van der Waals surface area contributed by atoms with E-state index in [9.17, 15) is 13.2 Å². The maximum Gasteiger partial charge on any atom is 0.269 e. The van der Waals surface area contributed by atoms with Gasteiger partial charge in [-0.3, -0.25) is 10.1 Å². The smallest absolute Gasteiger partial charge is 0.269 e. The van der Waals surface area contributed by atoms with Crippen LogP contribution in [0.1, 0.15) is 34.8 Å². The molecule has 0 aliphatic heterocycles. The quantitative estimate of drug-likeness (QED) is 0.354. The zero-order chi connectivity index (χ0) is 22.3. The van der Waals surface area contributed by atoms with Crippen molar-refractivity contribution >= 4 is 32.4 Å². The molecule has 8 nitrogen and oxygen atoms in total. The van der Waals surface area contributed by atoms with E-state index in [0.717, 1.165) is 29.7 Å². The monoisotopic (exact) mass is 460 g/mol. The molecular weight excluding hydrogens is 436 g/mol. The summed E-state index contributed by atoms with van der Waals surface area (Å²) in [6, 6.07) is 14.8. The lowest BCUT2D eigenvalue weighted by molar-refractivity contribution is 0.102. The molecule has 0 aliphatic rings. The van der Waals surface area contributed by atoms with Crippen LogP contribution in [0.25, 0.3) is 0 Å². The normalized spacial score (nSPS) is 11.3. The van der Waals surface area contributed by atoms with Crippen molar-refractivity contribution in [2.24, 2.45) is 0 Å². The van der Waals surface area contributed by atoms with Gasteiger partial charge >= 0.3 is 0 Å². The fourth-order valence-corrected chi connectivity index (χ4v) is 4.76. The highest BCUT2D eigenvalue weighted by molar-refractivity contribution is 7.91. The highest BCUT2D eigenvalue weighted by atomic mass is 32.2. The number of anilines is 1. The van der Waals surface area contributed by atoms with E-state index in [2.05, 4.69) is 27.2 Å². The van der Waals surface area contributed by atoms with Crippen LogP contribution in [0.15, 0.2) is 52.9 Å². The van der Waals surface area contributed by atoms with E-state index in [-0.39, 0.29) is 28.5 Å². The molecule has 0 aliphatic carbocycles. The van der Waals surface area contributed by atoms with E-state index < -0.39 is 10.0 Å². The van der Waals surface area contributed by atoms with Crippen LogP contribution >= 0.6 is 11.3 Å². The molecule has 3 rings (SSSR count). The van der Waals surface area contributed by atoms with Gasteiger partial charge in [-0.1, -0.05) is 55.0 Å². The summed E-state index contributed by atoms with van der Waals surface area (Å²) < 4.78 is 32.6. The van der Waals surface area contributed by atoms with Crippen molar-refractivity contribution in [1.82, 2.24) is 14.9 Å².